The van der Waals surface area contributed by atoms with E-state index < -0.39 is 0 Å². The number of halogens is 3. The van der Waals surface area contributed by atoms with Crippen LogP contribution in [0.25, 0.3) is 0 Å². The molecule has 7 heavy (non-hydrogen) atoms. The first-order chi connectivity index (χ1) is 0. The molecule has 0 aromatic rings. The van der Waals surface area contributed by atoms with Crippen LogP contribution in [0.5, 0.6) is 0 Å². The van der Waals surface area contributed by atoms with Gasteiger partial charge >= 0.3 is 39.9 Å². The van der Waals surface area contributed by atoms with Crippen molar-refractivity contribution in [2.24, 2.45) is 0 Å². The molecule has 1 radical (unpaired) electrons. The molecule has 0 unspecified atom stereocenters. The van der Waals surface area contributed by atoms with Gasteiger partial charge in [-0.2, -0.15) is 0 Å². The summed E-state index contributed by atoms with van der Waals surface area (Å²) in [5, 5.41) is 0. The predicted molar refractivity (Wildman–Crippen MR) is 10.8 cm³/mol. The molecular weight excluding hydrogens is 312 g/mol. The SMILES string of the molecule is O.O.O.[Cl-].[Cl-].[Cl-].[Gd+3]. The second-order valence-corrected chi connectivity index (χ2v) is 0. The molecule has 0 aliphatic heterocycles. The molecule has 0 aromatic carbocycles. The third kappa shape index (κ3) is 69.2. The van der Waals surface area contributed by atoms with Gasteiger partial charge in [0.25, 0.3) is 0 Å². The minimum Gasteiger partial charge on any atom is -1.00 e. The summed E-state index contributed by atoms with van der Waals surface area (Å²) in [5.74, 6) is 0. The summed E-state index contributed by atoms with van der Waals surface area (Å²) in [6.07, 6.45) is 0. The Hall–Kier alpha value is 2.07. The largest absolute Gasteiger partial charge is 3.00 e. The molecule has 0 fully saturated rings. The average Bonchev–Trinajstić information content (AvgIpc) is 0. The Morgan fingerprint density at radius 2 is 0.429 bits per heavy atom. The number of rotatable bonds is 0. The van der Waals surface area contributed by atoms with E-state index in [-0.39, 0.29) is 93.6 Å². The van der Waals surface area contributed by atoms with Crippen LogP contribution in [0, 0.1) is 39.9 Å². The second kappa shape index (κ2) is 93.9. The molecule has 0 atom stereocenters. The van der Waals surface area contributed by atoms with E-state index in [9.17, 15) is 0 Å². The molecule has 0 spiro atoms. The maximum atomic E-state index is 0. The summed E-state index contributed by atoms with van der Waals surface area (Å²) in [7, 11) is 0. The van der Waals surface area contributed by atoms with Gasteiger partial charge in [0.15, 0.2) is 0 Å². The third-order valence-corrected chi connectivity index (χ3v) is 0. The van der Waals surface area contributed by atoms with Gasteiger partial charge < -0.3 is 53.6 Å². The van der Waals surface area contributed by atoms with E-state index in [1.807, 2.05) is 0 Å². The maximum absolute atomic E-state index is 0. The molecule has 0 bridgehead atoms. The molecule has 0 saturated heterocycles. The molecule has 3 nitrogen and oxygen atoms in total. The molecule has 7 heteroatoms. The summed E-state index contributed by atoms with van der Waals surface area (Å²) in [5.41, 5.74) is 0. The van der Waals surface area contributed by atoms with Gasteiger partial charge in [0.05, 0.1) is 0 Å². The first kappa shape index (κ1) is 137. The number of hydrogen-bond donors (Lipinski definition) is 0. The van der Waals surface area contributed by atoms with E-state index in [1.54, 1.807) is 0 Å². The van der Waals surface area contributed by atoms with Crippen LogP contribution in [0.3, 0.4) is 0 Å². The van der Waals surface area contributed by atoms with E-state index >= 15 is 0 Å². The summed E-state index contributed by atoms with van der Waals surface area (Å²) in [6.45, 7) is 0. The van der Waals surface area contributed by atoms with Crippen molar-refractivity contribution in [1.82, 2.24) is 0 Å². The van der Waals surface area contributed by atoms with Gasteiger partial charge in [-0.3, -0.25) is 0 Å². The Bertz CT molecular complexity index is 10.1. The van der Waals surface area contributed by atoms with Crippen LogP contribution in [0.4, 0.5) is 0 Å². The van der Waals surface area contributed by atoms with Crippen LogP contribution in [0.2, 0.25) is 0 Å². The van der Waals surface area contributed by atoms with Crippen molar-refractivity contribution >= 4 is 0 Å². The molecule has 0 aliphatic carbocycles. The fraction of sp³-hybridized carbons (Fsp3) is 0. The van der Waals surface area contributed by atoms with Crippen molar-refractivity contribution in [1.29, 1.82) is 0 Å². The van der Waals surface area contributed by atoms with E-state index in [0.29, 0.717) is 0 Å². The van der Waals surface area contributed by atoms with Gasteiger partial charge in [0.1, 0.15) is 0 Å². The van der Waals surface area contributed by atoms with Crippen molar-refractivity contribution in [3.63, 3.8) is 0 Å². The van der Waals surface area contributed by atoms with E-state index in [0.717, 1.165) is 0 Å². The van der Waals surface area contributed by atoms with Gasteiger partial charge in [-0.05, 0) is 0 Å². The van der Waals surface area contributed by atoms with Gasteiger partial charge in [-0.1, -0.05) is 0 Å². The van der Waals surface area contributed by atoms with Crippen molar-refractivity contribution in [3.8, 4) is 0 Å². The zero-order valence-corrected chi connectivity index (χ0v) is 7.52. The molecule has 0 rings (SSSR count). The van der Waals surface area contributed by atoms with Gasteiger partial charge in [0, 0.05) is 0 Å². The predicted octanol–water partition coefficient (Wildman–Crippen LogP) is -11.5. The standard InChI is InChI=1S/3ClH.Gd.3H2O/h3*1H;;3*1H2/q;;;+3;;;/p-3. The monoisotopic (exact) mass is 317 g/mol. The van der Waals surface area contributed by atoms with Gasteiger partial charge in [-0.15, -0.1) is 0 Å². The Morgan fingerprint density at radius 1 is 0.429 bits per heavy atom. The molecule has 0 heterocycles. The zero-order chi connectivity index (χ0) is 0. The first-order valence-corrected chi connectivity index (χ1v) is 0. The molecular formula is H6Cl3GdO3. The van der Waals surface area contributed by atoms with Crippen LogP contribution in [-0.4, -0.2) is 16.4 Å². The Morgan fingerprint density at radius 3 is 0.429 bits per heavy atom. The van der Waals surface area contributed by atoms with E-state index in [4.69, 9.17) is 0 Å². The Balaban J connectivity index is 0. The van der Waals surface area contributed by atoms with E-state index in [1.165, 1.54) is 0 Å². The Labute approximate surface area is 92.5 Å². The van der Waals surface area contributed by atoms with E-state index in [2.05, 4.69) is 0 Å². The molecule has 0 saturated carbocycles. The van der Waals surface area contributed by atoms with Crippen LogP contribution in [0.1, 0.15) is 0 Å². The molecule has 0 aliphatic rings. The van der Waals surface area contributed by atoms with Crippen LogP contribution in [-0.2, 0) is 0 Å². The van der Waals surface area contributed by atoms with Crippen LogP contribution in [0.15, 0.2) is 0 Å². The van der Waals surface area contributed by atoms with Gasteiger partial charge in [0.2, 0.25) is 0 Å². The second-order valence-electron chi connectivity index (χ2n) is 0. The average molecular weight is 318 g/mol. The molecule has 0 amide bonds. The van der Waals surface area contributed by atoms with Crippen molar-refractivity contribution < 1.29 is 93.6 Å². The summed E-state index contributed by atoms with van der Waals surface area (Å²) in [4.78, 5) is 0. The summed E-state index contributed by atoms with van der Waals surface area (Å²) >= 11 is 0. The molecule has 6 N–H and O–H groups in total. The topological polar surface area (TPSA) is 94.5 Å². The molecule has 0 aromatic heterocycles. The van der Waals surface area contributed by atoms with Crippen LogP contribution < -0.4 is 37.2 Å². The summed E-state index contributed by atoms with van der Waals surface area (Å²) in [6, 6.07) is 0. The molecule has 53 valence electrons. The fourth-order valence-corrected chi connectivity index (χ4v) is 0. The number of hydrogen-bond acceptors (Lipinski definition) is 0. The third-order valence-electron chi connectivity index (χ3n) is 0. The van der Waals surface area contributed by atoms with Crippen molar-refractivity contribution in [2.45, 2.75) is 0 Å². The normalized spacial score (nSPS) is 0. The first-order valence-electron chi connectivity index (χ1n) is 0. The smallest absolute Gasteiger partial charge is 1.00 e. The van der Waals surface area contributed by atoms with Crippen LogP contribution >= 0.6 is 0 Å². The maximum Gasteiger partial charge on any atom is 3.00 e. The quantitative estimate of drug-likeness (QED) is 0.424. The van der Waals surface area contributed by atoms with Crippen molar-refractivity contribution in [2.75, 3.05) is 0 Å². The summed E-state index contributed by atoms with van der Waals surface area (Å²) < 4.78 is 0. The minimum atomic E-state index is 0. The zero-order valence-electron chi connectivity index (χ0n) is 2.99. The minimum absolute atomic E-state index is 0. The van der Waals surface area contributed by atoms with Gasteiger partial charge in [-0.25, -0.2) is 0 Å². The van der Waals surface area contributed by atoms with Crippen molar-refractivity contribution in [3.05, 3.63) is 0 Å². The fourth-order valence-electron chi connectivity index (χ4n) is 0. The Kier molecular flexibility index (Phi) is 1840.